The maximum absolute atomic E-state index is 13.6. The third-order valence-corrected chi connectivity index (χ3v) is 8.01. The molecule has 4 rings (SSSR count). The second-order valence-corrected chi connectivity index (χ2v) is 11.0. The minimum absolute atomic E-state index is 0.0358. The summed E-state index contributed by atoms with van der Waals surface area (Å²) in [7, 11) is 0. The minimum atomic E-state index is -5.38. The number of rotatable bonds is 8. The molecule has 210 valence electrons. The highest BCUT2D eigenvalue weighted by Crippen LogP contribution is 2.40. The summed E-state index contributed by atoms with van der Waals surface area (Å²) in [6.45, 7) is 6.99. The number of imide groups is 1. The molecule has 2 aliphatic rings. The first kappa shape index (κ1) is 29.1. The van der Waals surface area contributed by atoms with E-state index in [0.717, 1.165) is 25.4 Å². The monoisotopic (exact) mass is 586 g/mol. The standard InChI is InChI=1S/C25H26ClF3N4O5S/c1-24(2,16-5-7-30-8-6-16)20-21(34)32(23(36)33(20)38-22(35)25(27,28)29)17-3-4-19(18(26)15-17)39-14-11-31-9-12-37-13-10-31/h3-8,15,20H,9-14H2,1-2H3. The molecule has 0 spiro atoms. The molecule has 1 aromatic carbocycles. The Bertz CT molecular complexity index is 1230. The fraction of sp³-hybridized carbons (Fsp3) is 0.440. The average Bonchev–Trinajstić information content (AvgIpc) is 3.15. The van der Waals surface area contributed by atoms with E-state index in [1.54, 1.807) is 32.0 Å². The number of morpholine rings is 1. The quantitative estimate of drug-likeness (QED) is 0.334. The van der Waals surface area contributed by atoms with Gasteiger partial charge in [0.2, 0.25) is 0 Å². The van der Waals surface area contributed by atoms with E-state index in [0.29, 0.717) is 28.6 Å². The number of hydrogen-bond donors (Lipinski definition) is 0. The number of aromatic nitrogens is 1. The van der Waals surface area contributed by atoms with Gasteiger partial charge in [0.05, 0.1) is 23.9 Å². The second-order valence-electron chi connectivity index (χ2n) is 9.44. The van der Waals surface area contributed by atoms with Gasteiger partial charge < -0.3 is 9.57 Å². The lowest BCUT2D eigenvalue weighted by molar-refractivity contribution is -0.232. The zero-order chi connectivity index (χ0) is 28.4. The fourth-order valence-electron chi connectivity index (χ4n) is 4.39. The Labute approximate surface area is 232 Å². The number of anilines is 1. The number of carbonyl (C=O) groups is 3. The van der Waals surface area contributed by atoms with Crippen molar-refractivity contribution in [1.29, 1.82) is 0 Å². The smallest absolute Gasteiger partial charge is 0.379 e. The molecule has 0 saturated carbocycles. The number of hydrogen-bond acceptors (Lipinski definition) is 8. The van der Waals surface area contributed by atoms with E-state index in [4.69, 9.17) is 16.3 Å². The first-order valence-corrected chi connectivity index (χ1v) is 13.4. The molecule has 3 heterocycles. The van der Waals surface area contributed by atoms with Crippen molar-refractivity contribution in [3.8, 4) is 0 Å². The summed E-state index contributed by atoms with van der Waals surface area (Å²) in [5, 5.41) is 0.452. The Hall–Kier alpha value is -2.87. The Kier molecular flexibility index (Phi) is 8.74. The third-order valence-electron chi connectivity index (χ3n) is 6.53. The molecular formula is C25H26ClF3N4O5S. The molecule has 2 fully saturated rings. The minimum Gasteiger partial charge on any atom is -0.379 e. The molecule has 1 atom stereocenters. The van der Waals surface area contributed by atoms with Gasteiger partial charge in [0.15, 0.2) is 6.04 Å². The summed E-state index contributed by atoms with van der Waals surface area (Å²) >= 11 is 7.96. The lowest BCUT2D eigenvalue weighted by Crippen LogP contribution is -2.50. The summed E-state index contributed by atoms with van der Waals surface area (Å²) in [5.41, 5.74) is -0.743. The van der Waals surface area contributed by atoms with Crippen LogP contribution in [0.25, 0.3) is 0 Å². The van der Waals surface area contributed by atoms with Crippen molar-refractivity contribution in [2.45, 2.75) is 36.4 Å². The summed E-state index contributed by atoms with van der Waals surface area (Å²) in [6.07, 6.45) is -2.50. The molecule has 0 N–H and O–H groups in total. The molecule has 0 aliphatic carbocycles. The molecule has 1 unspecified atom stereocenters. The van der Waals surface area contributed by atoms with E-state index in [1.807, 2.05) is 0 Å². The first-order valence-electron chi connectivity index (χ1n) is 12.0. The molecule has 14 heteroatoms. The molecule has 0 radical (unpaired) electrons. The number of urea groups is 1. The largest absolute Gasteiger partial charge is 0.493 e. The maximum Gasteiger partial charge on any atom is 0.493 e. The number of amides is 3. The number of alkyl halides is 3. The number of nitrogens with zero attached hydrogens (tertiary/aromatic N) is 4. The molecule has 2 aliphatic heterocycles. The summed E-state index contributed by atoms with van der Waals surface area (Å²) in [6, 6.07) is 4.78. The molecule has 1 aromatic heterocycles. The van der Waals surface area contributed by atoms with Crippen LogP contribution >= 0.6 is 23.4 Å². The van der Waals surface area contributed by atoms with Crippen LogP contribution < -0.4 is 4.90 Å². The fourth-order valence-corrected chi connectivity index (χ4v) is 5.66. The van der Waals surface area contributed by atoms with Gasteiger partial charge in [-0.05, 0) is 35.9 Å². The van der Waals surface area contributed by atoms with Gasteiger partial charge in [-0.25, -0.2) is 14.5 Å². The van der Waals surface area contributed by atoms with Gasteiger partial charge in [-0.3, -0.25) is 14.7 Å². The number of thioether (sulfide) groups is 1. The van der Waals surface area contributed by atoms with Crippen LogP contribution in [0.3, 0.4) is 0 Å². The predicted molar refractivity (Wildman–Crippen MR) is 137 cm³/mol. The van der Waals surface area contributed by atoms with E-state index in [-0.39, 0.29) is 15.8 Å². The second kappa shape index (κ2) is 11.7. The van der Waals surface area contributed by atoms with Gasteiger partial charge in [-0.2, -0.15) is 13.2 Å². The molecule has 2 saturated heterocycles. The Morgan fingerprint density at radius 2 is 1.82 bits per heavy atom. The van der Waals surface area contributed by atoms with E-state index in [1.165, 1.54) is 36.3 Å². The van der Waals surface area contributed by atoms with Crippen LogP contribution in [0.15, 0.2) is 47.6 Å². The average molecular weight is 587 g/mol. The van der Waals surface area contributed by atoms with Crippen molar-refractivity contribution in [3.63, 3.8) is 0 Å². The highest BCUT2D eigenvalue weighted by Gasteiger charge is 2.57. The summed E-state index contributed by atoms with van der Waals surface area (Å²) in [4.78, 5) is 50.7. The van der Waals surface area contributed by atoms with Crippen LogP contribution in [0.4, 0.5) is 23.7 Å². The van der Waals surface area contributed by atoms with Crippen molar-refractivity contribution in [3.05, 3.63) is 53.3 Å². The Morgan fingerprint density at radius 1 is 1.15 bits per heavy atom. The third kappa shape index (κ3) is 6.32. The molecule has 9 nitrogen and oxygen atoms in total. The van der Waals surface area contributed by atoms with E-state index >= 15 is 0 Å². The Balaban J connectivity index is 1.59. The number of hydroxylamine groups is 2. The highest BCUT2D eigenvalue weighted by atomic mass is 35.5. The number of carbonyl (C=O) groups excluding carboxylic acids is 3. The van der Waals surface area contributed by atoms with Crippen LogP contribution in [-0.4, -0.2) is 83.7 Å². The van der Waals surface area contributed by atoms with Gasteiger partial charge >= 0.3 is 18.2 Å². The SMILES string of the molecule is CC(C)(c1ccncc1)C1C(=O)N(c2ccc(SCCN3CCOCC3)c(Cl)c2)C(=O)N1OC(=O)C(F)(F)F. The van der Waals surface area contributed by atoms with Crippen LogP contribution in [0.1, 0.15) is 19.4 Å². The van der Waals surface area contributed by atoms with Gasteiger partial charge in [-0.15, -0.1) is 16.8 Å². The highest BCUT2D eigenvalue weighted by molar-refractivity contribution is 7.99. The zero-order valence-electron chi connectivity index (χ0n) is 21.1. The van der Waals surface area contributed by atoms with Crippen molar-refractivity contribution in [2.75, 3.05) is 43.5 Å². The molecule has 2 aromatic rings. The zero-order valence-corrected chi connectivity index (χ0v) is 22.7. The van der Waals surface area contributed by atoms with Crippen LogP contribution in [-0.2, 0) is 24.6 Å². The molecule has 39 heavy (non-hydrogen) atoms. The lowest BCUT2D eigenvalue weighted by Gasteiger charge is -2.33. The number of ether oxygens (including phenoxy) is 1. The predicted octanol–water partition coefficient (Wildman–Crippen LogP) is 4.29. The molecule has 3 amide bonds. The normalized spacial score (nSPS) is 19.1. The van der Waals surface area contributed by atoms with Crippen LogP contribution in [0.2, 0.25) is 5.02 Å². The van der Waals surface area contributed by atoms with Gasteiger partial charge in [0.25, 0.3) is 5.91 Å². The van der Waals surface area contributed by atoms with E-state index in [9.17, 15) is 27.6 Å². The van der Waals surface area contributed by atoms with Crippen LogP contribution in [0, 0.1) is 0 Å². The van der Waals surface area contributed by atoms with Crippen molar-refractivity contribution in [2.24, 2.45) is 0 Å². The van der Waals surface area contributed by atoms with Gasteiger partial charge in [0.1, 0.15) is 0 Å². The van der Waals surface area contributed by atoms with Crippen molar-refractivity contribution in [1.82, 2.24) is 14.9 Å². The van der Waals surface area contributed by atoms with E-state index < -0.39 is 35.5 Å². The topological polar surface area (TPSA) is 92.3 Å². The first-order chi connectivity index (χ1) is 18.4. The van der Waals surface area contributed by atoms with Gasteiger partial charge in [0, 0.05) is 48.1 Å². The van der Waals surface area contributed by atoms with Crippen LogP contribution in [0.5, 0.6) is 0 Å². The maximum atomic E-state index is 13.6. The Morgan fingerprint density at radius 3 is 2.44 bits per heavy atom. The number of benzene rings is 1. The van der Waals surface area contributed by atoms with Gasteiger partial charge in [-0.1, -0.05) is 25.4 Å². The molecular weight excluding hydrogens is 561 g/mol. The number of halogens is 4. The van der Waals surface area contributed by atoms with Crippen molar-refractivity contribution >= 4 is 47.0 Å². The molecule has 0 bridgehead atoms. The van der Waals surface area contributed by atoms with Crippen molar-refractivity contribution < 1.29 is 37.1 Å². The van der Waals surface area contributed by atoms with E-state index in [2.05, 4.69) is 14.7 Å². The summed E-state index contributed by atoms with van der Waals surface area (Å²) < 4.78 is 44.5. The summed E-state index contributed by atoms with van der Waals surface area (Å²) in [5.74, 6) is -2.75. The number of pyridine rings is 1. The lowest BCUT2D eigenvalue weighted by atomic mass is 9.78.